The summed E-state index contributed by atoms with van der Waals surface area (Å²) in [5, 5.41) is 4.43. The highest BCUT2D eigenvalue weighted by atomic mass is 19.1. The molecule has 4 nitrogen and oxygen atoms in total. The molecule has 2 aromatic rings. The average molecular weight is 343 g/mol. The summed E-state index contributed by atoms with van der Waals surface area (Å²) in [6.07, 6.45) is 9.30. The highest BCUT2D eigenvalue weighted by Crippen LogP contribution is 2.36. The maximum Gasteiger partial charge on any atom is 0.128 e. The summed E-state index contributed by atoms with van der Waals surface area (Å²) < 4.78 is 21.6. The molecule has 0 N–H and O–H groups in total. The number of rotatable bonds is 7. The highest BCUT2D eigenvalue weighted by molar-refractivity contribution is 5.23. The molecule has 0 aliphatic carbocycles. The zero-order valence-electron chi connectivity index (χ0n) is 15.2. The van der Waals surface area contributed by atoms with Gasteiger partial charge in [0, 0.05) is 43.4 Å². The molecule has 1 aromatic heterocycles. The molecule has 1 aliphatic heterocycles. The summed E-state index contributed by atoms with van der Waals surface area (Å²) in [4.78, 5) is 2.33. The Bertz CT molecular complexity index is 742. The number of nitrogens with zero attached hydrogens (tertiary/aromatic N) is 3. The molecule has 0 saturated carbocycles. The van der Waals surface area contributed by atoms with E-state index in [1.165, 1.54) is 6.07 Å². The maximum atomic E-state index is 13.9. The summed E-state index contributed by atoms with van der Waals surface area (Å²) in [6.45, 7) is 6.69. The molecule has 0 bridgehead atoms. The first-order valence-corrected chi connectivity index (χ1v) is 8.80. The normalized spacial score (nSPS) is 19.4. The van der Waals surface area contributed by atoms with Crippen molar-refractivity contribution in [2.24, 2.45) is 5.92 Å². The monoisotopic (exact) mass is 343 g/mol. The van der Waals surface area contributed by atoms with Crippen LogP contribution in [0.15, 0.2) is 48.9 Å². The number of aromatic nitrogens is 2. The molecule has 0 spiro atoms. The zero-order chi connectivity index (χ0) is 17.9. The van der Waals surface area contributed by atoms with E-state index >= 15 is 0 Å². The Morgan fingerprint density at radius 2 is 2.16 bits per heavy atom. The van der Waals surface area contributed by atoms with Gasteiger partial charge < -0.3 is 9.64 Å². The molecule has 2 unspecified atom stereocenters. The standard InChI is InChI=1S/C20H26FN3O/c1-4-10-23-11-9-17(14-23)20(2,25-3)18-12-22-24(15-18)13-16-7-5-6-8-19(16)21/h5-9,11-12,15,17H,4,10,13-14H2,1-3H3. The van der Waals surface area contributed by atoms with E-state index in [0.717, 1.165) is 25.1 Å². The van der Waals surface area contributed by atoms with Crippen molar-refractivity contribution in [3.8, 4) is 0 Å². The Morgan fingerprint density at radius 3 is 2.88 bits per heavy atom. The third-order valence-corrected chi connectivity index (χ3v) is 5.10. The predicted molar refractivity (Wildman–Crippen MR) is 96.6 cm³/mol. The lowest BCUT2D eigenvalue weighted by Gasteiger charge is -2.33. The number of ether oxygens (including phenoxy) is 1. The van der Waals surface area contributed by atoms with Gasteiger partial charge in [-0.15, -0.1) is 0 Å². The van der Waals surface area contributed by atoms with Crippen LogP contribution in [0.1, 0.15) is 31.4 Å². The molecule has 25 heavy (non-hydrogen) atoms. The zero-order valence-corrected chi connectivity index (χ0v) is 15.2. The van der Waals surface area contributed by atoms with Crippen LogP contribution in [0.3, 0.4) is 0 Å². The Labute approximate surface area is 148 Å². The van der Waals surface area contributed by atoms with Gasteiger partial charge in [-0.25, -0.2) is 4.39 Å². The van der Waals surface area contributed by atoms with Crippen molar-refractivity contribution in [1.29, 1.82) is 0 Å². The van der Waals surface area contributed by atoms with Crippen molar-refractivity contribution in [3.05, 3.63) is 65.9 Å². The van der Waals surface area contributed by atoms with E-state index in [0.29, 0.717) is 12.1 Å². The first-order chi connectivity index (χ1) is 12.1. The Hall–Kier alpha value is -2.14. The number of methoxy groups -OCH3 is 1. The van der Waals surface area contributed by atoms with Crippen LogP contribution in [0.25, 0.3) is 0 Å². The van der Waals surface area contributed by atoms with Crippen molar-refractivity contribution in [2.45, 2.75) is 32.4 Å². The molecular weight excluding hydrogens is 317 g/mol. The van der Waals surface area contributed by atoms with Gasteiger partial charge in [-0.05, 0) is 25.6 Å². The molecule has 5 heteroatoms. The van der Waals surface area contributed by atoms with Crippen LogP contribution in [-0.4, -0.2) is 34.9 Å². The second-order valence-corrected chi connectivity index (χ2v) is 6.77. The topological polar surface area (TPSA) is 30.3 Å². The number of halogens is 1. The van der Waals surface area contributed by atoms with E-state index in [-0.39, 0.29) is 11.7 Å². The van der Waals surface area contributed by atoms with Crippen LogP contribution in [0.4, 0.5) is 4.39 Å². The van der Waals surface area contributed by atoms with Gasteiger partial charge >= 0.3 is 0 Å². The van der Waals surface area contributed by atoms with E-state index < -0.39 is 5.60 Å². The molecule has 1 aliphatic rings. The van der Waals surface area contributed by atoms with E-state index in [4.69, 9.17) is 4.74 Å². The summed E-state index contributed by atoms with van der Waals surface area (Å²) >= 11 is 0. The molecule has 1 aromatic carbocycles. The number of hydrogen-bond donors (Lipinski definition) is 0. The summed E-state index contributed by atoms with van der Waals surface area (Å²) in [7, 11) is 1.74. The van der Waals surface area contributed by atoms with Gasteiger partial charge in [-0.2, -0.15) is 5.10 Å². The third kappa shape index (κ3) is 3.61. The first-order valence-electron chi connectivity index (χ1n) is 8.80. The van der Waals surface area contributed by atoms with Crippen LogP contribution in [0.2, 0.25) is 0 Å². The lowest BCUT2D eigenvalue weighted by Crippen LogP contribution is -2.36. The van der Waals surface area contributed by atoms with Crippen LogP contribution < -0.4 is 0 Å². The van der Waals surface area contributed by atoms with Gasteiger partial charge in [-0.3, -0.25) is 4.68 Å². The van der Waals surface area contributed by atoms with Crippen molar-refractivity contribution >= 4 is 0 Å². The van der Waals surface area contributed by atoms with Crippen LogP contribution in [0.5, 0.6) is 0 Å². The lowest BCUT2D eigenvalue weighted by molar-refractivity contribution is -0.0352. The number of benzene rings is 1. The summed E-state index contributed by atoms with van der Waals surface area (Å²) in [5.74, 6) is 0.0538. The third-order valence-electron chi connectivity index (χ3n) is 5.10. The molecular formula is C20H26FN3O. The lowest BCUT2D eigenvalue weighted by atomic mass is 9.85. The maximum absolute atomic E-state index is 13.9. The Morgan fingerprint density at radius 1 is 1.36 bits per heavy atom. The first kappa shape index (κ1) is 17.7. The van der Waals surface area contributed by atoms with E-state index in [9.17, 15) is 4.39 Å². The van der Waals surface area contributed by atoms with Gasteiger partial charge in [0.1, 0.15) is 11.4 Å². The van der Waals surface area contributed by atoms with Gasteiger partial charge in [0.05, 0.1) is 12.7 Å². The molecule has 134 valence electrons. The van der Waals surface area contributed by atoms with Gasteiger partial charge in [-0.1, -0.05) is 31.2 Å². The van der Waals surface area contributed by atoms with Gasteiger partial charge in [0.25, 0.3) is 0 Å². The van der Waals surface area contributed by atoms with Crippen LogP contribution in [0, 0.1) is 11.7 Å². The molecule has 2 heterocycles. The molecule has 3 rings (SSSR count). The van der Waals surface area contributed by atoms with Crippen molar-refractivity contribution in [2.75, 3.05) is 20.2 Å². The molecule has 0 saturated heterocycles. The van der Waals surface area contributed by atoms with Gasteiger partial charge in [0.2, 0.25) is 0 Å². The minimum atomic E-state index is -0.452. The second-order valence-electron chi connectivity index (χ2n) is 6.77. The van der Waals surface area contributed by atoms with Gasteiger partial charge in [0.15, 0.2) is 0 Å². The van der Waals surface area contributed by atoms with E-state index in [1.54, 1.807) is 23.9 Å². The molecule has 0 fully saturated rings. The SMILES string of the molecule is CCCN1C=CC(C(C)(OC)c2cnn(Cc3ccccc3F)c2)C1. The van der Waals surface area contributed by atoms with Crippen molar-refractivity contribution in [1.82, 2.24) is 14.7 Å². The fourth-order valence-electron chi connectivity index (χ4n) is 3.40. The fourth-order valence-corrected chi connectivity index (χ4v) is 3.40. The average Bonchev–Trinajstić information content (AvgIpc) is 3.27. The minimum absolute atomic E-state index is 0.206. The highest BCUT2D eigenvalue weighted by Gasteiger charge is 2.38. The van der Waals surface area contributed by atoms with E-state index in [2.05, 4.69) is 36.1 Å². The number of hydrogen-bond acceptors (Lipinski definition) is 3. The Kier molecular flexibility index (Phi) is 5.23. The van der Waals surface area contributed by atoms with Crippen molar-refractivity contribution in [3.63, 3.8) is 0 Å². The largest absolute Gasteiger partial charge is 0.377 e. The molecule has 2 atom stereocenters. The van der Waals surface area contributed by atoms with Crippen molar-refractivity contribution < 1.29 is 9.13 Å². The van der Waals surface area contributed by atoms with E-state index in [1.807, 2.05) is 18.5 Å². The summed E-state index contributed by atoms with van der Waals surface area (Å²) in [6, 6.07) is 6.80. The smallest absolute Gasteiger partial charge is 0.128 e. The molecule has 0 radical (unpaired) electrons. The summed E-state index contributed by atoms with van der Waals surface area (Å²) in [5.41, 5.74) is 1.19. The predicted octanol–water partition coefficient (Wildman–Crippen LogP) is 3.79. The van der Waals surface area contributed by atoms with Crippen LogP contribution in [-0.2, 0) is 16.9 Å². The quantitative estimate of drug-likeness (QED) is 0.766. The molecule has 0 amide bonds. The fraction of sp³-hybridized carbons (Fsp3) is 0.450. The minimum Gasteiger partial charge on any atom is -0.377 e. The second kappa shape index (κ2) is 7.40. The van der Waals surface area contributed by atoms with Crippen LogP contribution >= 0.6 is 0 Å². The Balaban J connectivity index is 1.77.